The van der Waals surface area contributed by atoms with Crippen LogP contribution >= 0.6 is 0 Å². The Labute approximate surface area is 132 Å². The quantitative estimate of drug-likeness (QED) is 0.874. The summed E-state index contributed by atoms with van der Waals surface area (Å²) in [5, 5.41) is 2.85. The first-order valence-electron chi connectivity index (χ1n) is 7.42. The zero-order chi connectivity index (χ0) is 16.8. The summed E-state index contributed by atoms with van der Waals surface area (Å²) in [4.78, 5) is 25.2. The van der Waals surface area contributed by atoms with Crippen LogP contribution in [0.2, 0.25) is 0 Å². The third-order valence-corrected chi connectivity index (χ3v) is 3.39. The number of rotatable bonds is 6. The van der Waals surface area contributed by atoms with Gasteiger partial charge in [-0.05, 0) is 44.9 Å². The van der Waals surface area contributed by atoms with E-state index in [9.17, 15) is 9.59 Å². The van der Waals surface area contributed by atoms with E-state index >= 15 is 0 Å². The Morgan fingerprint density at radius 3 is 2.23 bits per heavy atom. The van der Waals surface area contributed by atoms with Gasteiger partial charge in [0.05, 0.1) is 7.11 Å². The van der Waals surface area contributed by atoms with Crippen molar-refractivity contribution in [2.75, 3.05) is 20.2 Å². The molecule has 0 aliphatic heterocycles. The average Bonchev–Trinajstić information content (AvgIpc) is 2.44. The minimum atomic E-state index is -0.362. The van der Waals surface area contributed by atoms with E-state index in [0.717, 1.165) is 17.7 Å². The Hall–Kier alpha value is -2.04. The van der Waals surface area contributed by atoms with E-state index in [1.807, 2.05) is 45.0 Å². The van der Waals surface area contributed by atoms with Gasteiger partial charge in [-0.25, -0.2) is 0 Å². The van der Waals surface area contributed by atoms with Crippen LogP contribution in [0.5, 0.6) is 5.75 Å². The van der Waals surface area contributed by atoms with E-state index in [-0.39, 0.29) is 23.9 Å². The highest BCUT2D eigenvalue weighted by Gasteiger charge is 2.25. The number of nitrogens with one attached hydrogen (secondary N) is 1. The van der Waals surface area contributed by atoms with Gasteiger partial charge < -0.3 is 15.0 Å². The van der Waals surface area contributed by atoms with Crippen LogP contribution < -0.4 is 10.1 Å². The maximum Gasteiger partial charge on any atom is 0.239 e. The maximum atomic E-state index is 12.0. The summed E-state index contributed by atoms with van der Waals surface area (Å²) in [5.74, 6) is 0.575. The van der Waals surface area contributed by atoms with Crippen molar-refractivity contribution >= 4 is 11.8 Å². The Kier molecular flexibility index (Phi) is 6.40. The van der Waals surface area contributed by atoms with Crippen molar-refractivity contribution in [2.45, 2.75) is 39.7 Å². The number of carbonyl (C=O) groups excluding carboxylic acids is 2. The van der Waals surface area contributed by atoms with Gasteiger partial charge in [0.2, 0.25) is 11.8 Å². The van der Waals surface area contributed by atoms with Crippen molar-refractivity contribution in [3.8, 4) is 5.75 Å². The van der Waals surface area contributed by atoms with Crippen LogP contribution in [0.25, 0.3) is 0 Å². The first-order chi connectivity index (χ1) is 10.2. The minimum Gasteiger partial charge on any atom is -0.497 e. The lowest BCUT2D eigenvalue weighted by Crippen LogP contribution is -2.49. The second-order valence-corrected chi connectivity index (χ2v) is 6.22. The van der Waals surface area contributed by atoms with E-state index in [4.69, 9.17) is 4.74 Å². The lowest BCUT2D eigenvalue weighted by molar-refractivity contribution is -0.138. The number of nitrogens with zero attached hydrogens (tertiary/aromatic N) is 1. The lowest BCUT2D eigenvalue weighted by atomic mass is 10.1. The summed E-state index contributed by atoms with van der Waals surface area (Å²) in [7, 11) is 1.63. The van der Waals surface area contributed by atoms with Crippen molar-refractivity contribution in [1.29, 1.82) is 0 Å². The van der Waals surface area contributed by atoms with E-state index in [1.165, 1.54) is 6.92 Å². The number of carbonyl (C=O) groups is 2. The Morgan fingerprint density at radius 2 is 1.77 bits per heavy atom. The number of ether oxygens (including phenoxy) is 1. The highest BCUT2D eigenvalue weighted by molar-refractivity contribution is 5.84. The van der Waals surface area contributed by atoms with Crippen LogP contribution in [0.3, 0.4) is 0 Å². The number of hydrogen-bond acceptors (Lipinski definition) is 3. The van der Waals surface area contributed by atoms with E-state index in [0.29, 0.717) is 6.54 Å². The summed E-state index contributed by atoms with van der Waals surface area (Å²) in [6.45, 7) is 7.86. The van der Waals surface area contributed by atoms with Crippen LogP contribution in [0.1, 0.15) is 33.3 Å². The van der Waals surface area contributed by atoms with Gasteiger partial charge in [0.15, 0.2) is 0 Å². The van der Waals surface area contributed by atoms with E-state index in [1.54, 1.807) is 12.0 Å². The standard InChI is InChI=1S/C17H26N2O3/c1-13(20)19(17(2,3)4)12-16(21)18-11-10-14-6-8-15(22-5)9-7-14/h6-9H,10-12H2,1-5H3,(H,18,21). The van der Waals surface area contributed by atoms with Gasteiger partial charge in [0.25, 0.3) is 0 Å². The van der Waals surface area contributed by atoms with Gasteiger partial charge in [0.1, 0.15) is 12.3 Å². The lowest BCUT2D eigenvalue weighted by Gasteiger charge is -2.34. The highest BCUT2D eigenvalue weighted by Crippen LogP contribution is 2.13. The third kappa shape index (κ3) is 5.76. The molecule has 122 valence electrons. The molecule has 0 unspecified atom stereocenters. The molecule has 0 saturated carbocycles. The third-order valence-electron chi connectivity index (χ3n) is 3.39. The molecule has 5 heteroatoms. The van der Waals surface area contributed by atoms with Crippen LogP contribution in [0.15, 0.2) is 24.3 Å². The second kappa shape index (κ2) is 7.82. The number of amides is 2. The monoisotopic (exact) mass is 306 g/mol. The van der Waals surface area contributed by atoms with Gasteiger partial charge in [-0.1, -0.05) is 12.1 Å². The van der Waals surface area contributed by atoms with Crippen molar-refractivity contribution in [2.24, 2.45) is 0 Å². The summed E-state index contributed by atoms with van der Waals surface area (Å²) in [6.07, 6.45) is 0.741. The molecule has 1 rings (SSSR count). The smallest absolute Gasteiger partial charge is 0.239 e. The fraction of sp³-hybridized carbons (Fsp3) is 0.529. The molecular weight excluding hydrogens is 280 g/mol. The predicted molar refractivity (Wildman–Crippen MR) is 86.8 cm³/mol. The Balaban J connectivity index is 2.43. The highest BCUT2D eigenvalue weighted by atomic mass is 16.5. The van der Waals surface area contributed by atoms with Gasteiger partial charge >= 0.3 is 0 Å². The fourth-order valence-corrected chi connectivity index (χ4v) is 2.16. The van der Waals surface area contributed by atoms with Gasteiger partial charge in [-0.3, -0.25) is 9.59 Å². The molecule has 0 saturated heterocycles. The normalized spacial score (nSPS) is 11.0. The van der Waals surface area contributed by atoms with Crippen molar-refractivity contribution < 1.29 is 14.3 Å². The maximum absolute atomic E-state index is 12.0. The zero-order valence-electron chi connectivity index (χ0n) is 14.1. The SMILES string of the molecule is COc1ccc(CCNC(=O)CN(C(C)=O)C(C)(C)C)cc1. The Morgan fingerprint density at radius 1 is 1.18 bits per heavy atom. The molecule has 0 aromatic heterocycles. The summed E-state index contributed by atoms with van der Waals surface area (Å²) < 4.78 is 5.10. The van der Waals surface area contributed by atoms with Crippen molar-refractivity contribution in [3.05, 3.63) is 29.8 Å². The molecule has 0 spiro atoms. The molecule has 1 aromatic rings. The summed E-state index contributed by atoms with van der Waals surface area (Å²) >= 11 is 0. The molecule has 0 aliphatic carbocycles. The molecule has 0 bridgehead atoms. The second-order valence-electron chi connectivity index (χ2n) is 6.22. The summed E-state index contributed by atoms with van der Waals surface area (Å²) in [5.41, 5.74) is 0.763. The van der Waals surface area contributed by atoms with Crippen LogP contribution in [-0.2, 0) is 16.0 Å². The van der Waals surface area contributed by atoms with Crippen molar-refractivity contribution in [1.82, 2.24) is 10.2 Å². The molecule has 0 heterocycles. The van der Waals surface area contributed by atoms with Crippen LogP contribution in [0.4, 0.5) is 0 Å². The molecule has 0 atom stereocenters. The number of benzene rings is 1. The van der Waals surface area contributed by atoms with Gasteiger partial charge in [0, 0.05) is 19.0 Å². The number of hydrogen-bond donors (Lipinski definition) is 1. The molecule has 5 nitrogen and oxygen atoms in total. The minimum absolute atomic E-state index is 0.0848. The molecule has 0 fully saturated rings. The Bertz CT molecular complexity index is 504. The zero-order valence-corrected chi connectivity index (χ0v) is 14.1. The molecule has 2 amide bonds. The topological polar surface area (TPSA) is 58.6 Å². The summed E-state index contributed by atoms with van der Waals surface area (Å²) in [6, 6.07) is 7.74. The molecule has 1 N–H and O–H groups in total. The number of methoxy groups -OCH3 is 1. The first kappa shape index (κ1) is 18.0. The first-order valence-corrected chi connectivity index (χ1v) is 7.42. The van der Waals surface area contributed by atoms with E-state index in [2.05, 4.69) is 5.32 Å². The molecule has 22 heavy (non-hydrogen) atoms. The van der Waals surface area contributed by atoms with Crippen LogP contribution in [0, 0.1) is 0 Å². The van der Waals surface area contributed by atoms with Crippen LogP contribution in [-0.4, -0.2) is 42.5 Å². The molecule has 0 radical (unpaired) electrons. The molecular formula is C17H26N2O3. The van der Waals surface area contributed by atoms with Gasteiger partial charge in [-0.2, -0.15) is 0 Å². The largest absolute Gasteiger partial charge is 0.497 e. The fourth-order valence-electron chi connectivity index (χ4n) is 2.16. The van der Waals surface area contributed by atoms with Crippen molar-refractivity contribution in [3.63, 3.8) is 0 Å². The molecule has 1 aromatic carbocycles. The molecule has 0 aliphatic rings. The average molecular weight is 306 g/mol. The van der Waals surface area contributed by atoms with E-state index < -0.39 is 0 Å². The van der Waals surface area contributed by atoms with Gasteiger partial charge in [-0.15, -0.1) is 0 Å². The predicted octanol–water partition coefficient (Wildman–Crippen LogP) is 2.00.